The Balaban J connectivity index is 1.95. The Morgan fingerprint density at radius 2 is 1.19 bits per heavy atom. The van der Waals surface area contributed by atoms with Crippen molar-refractivity contribution in [3.05, 3.63) is 46.3 Å². The molecule has 0 spiro atoms. The van der Waals surface area contributed by atoms with Crippen LogP contribution in [-0.4, -0.2) is 0 Å². The smallest absolute Gasteiger partial charge is 0.107 e. The summed E-state index contributed by atoms with van der Waals surface area (Å²) in [5, 5.41) is 0. The SMILES string of the molecule is Cc1cc2c(o1)CCc1oc(C)cc1CC2. The van der Waals surface area contributed by atoms with Gasteiger partial charge in [-0.05, 0) is 49.9 Å². The van der Waals surface area contributed by atoms with Crippen molar-refractivity contribution < 1.29 is 8.83 Å². The van der Waals surface area contributed by atoms with Crippen LogP contribution in [0, 0.1) is 13.8 Å². The highest BCUT2D eigenvalue weighted by Crippen LogP contribution is 2.26. The molecule has 2 aromatic heterocycles. The number of aryl methyl sites for hydroxylation is 6. The lowest BCUT2D eigenvalue weighted by Gasteiger charge is -2.07. The molecule has 0 saturated carbocycles. The first kappa shape index (κ1) is 9.76. The Kier molecular flexibility index (Phi) is 2.16. The highest BCUT2D eigenvalue weighted by molar-refractivity contribution is 5.29. The van der Waals surface area contributed by atoms with Crippen LogP contribution in [0.15, 0.2) is 21.0 Å². The molecule has 2 aromatic rings. The van der Waals surface area contributed by atoms with Gasteiger partial charge in [-0.25, -0.2) is 0 Å². The van der Waals surface area contributed by atoms with E-state index in [0.717, 1.165) is 48.7 Å². The fraction of sp³-hybridized carbons (Fsp3) is 0.429. The number of hydrogen-bond donors (Lipinski definition) is 0. The van der Waals surface area contributed by atoms with Gasteiger partial charge in [0, 0.05) is 12.8 Å². The van der Waals surface area contributed by atoms with Crippen molar-refractivity contribution in [2.75, 3.05) is 0 Å². The van der Waals surface area contributed by atoms with Crippen molar-refractivity contribution in [3.63, 3.8) is 0 Å². The molecule has 0 radical (unpaired) electrons. The van der Waals surface area contributed by atoms with Gasteiger partial charge in [0.1, 0.15) is 23.0 Å². The monoisotopic (exact) mass is 216 g/mol. The van der Waals surface area contributed by atoms with Gasteiger partial charge in [0.2, 0.25) is 0 Å². The Hall–Kier alpha value is -1.44. The summed E-state index contributed by atoms with van der Waals surface area (Å²) in [5.41, 5.74) is 2.75. The quantitative estimate of drug-likeness (QED) is 0.674. The van der Waals surface area contributed by atoms with Gasteiger partial charge in [-0.3, -0.25) is 0 Å². The molecule has 0 atom stereocenters. The van der Waals surface area contributed by atoms with E-state index in [1.54, 1.807) is 0 Å². The van der Waals surface area contributed by atoms with E-state index in [1.807, 2.05) is 13.8 Å². The fourth-order valence-corrected chi connectivity index (χ4v) is 2.57. The Morgan fingerprint density at radius 1 is 0.750 bits per heavy atom. The number of furan rings is 2. The topological polar surface area (TPSA) is 26.3 Å². The normalized spacial score (nSPS) is 15.1. The molecule has 0 bridgehead atoms. The molecule has 2 heteroatoms. The first-order valence-electron chi connectivity index (χ1n) is 5.89. The first-order chi connectivity index (χ1) is 7.72. The van der Waals surface area contributed by atoms with Crippen LogP contribution in [0.25, 0.3) is 0 Å². The molecule has 16 heavy (non-hydrogen) atoms. The van der Waals surface area contributed by atoms with Crippen molar-refractivity contribution in [1.82, 2.24) is 0 Å². The van der Waals surface area contributed by atoms with Crippen molar-refractivity contribution in [2.24, 2.45) is 0 Å². The first-order valence-corrected chi connectivity index (χ1v) is 5.89. The van der Waals surface area contributed by atoms with Crippen LogP contribution in [0.3, 0.4) is 0 Å². The zero-order valence-corrected chi connectivity index (χ0v) is 9.80. The maximum Gasteiger partial charge on any atom is 0.107 e. The zero-order valence-electron chi connectivity index (χ0n) is 9.80. The Bertz CT molecular complexity index is 426. The summed E-state index contributed by atoms with van der Waals surface area (Å²) in [5.74, 6) is 4.36. The van der Waals surface area contributed by atoms with Crippen molar-refractivity contribution in [3.8, 4) is 0 Å². The number of fused-ring (bicyclic) bond motifs is 2. The van der Waals surface area contributed by atoms with Crippen LogP contribution in [-0.2, 0) is 25.7 Å². The zero-order chi connectivity index (χ0) is 11.1. The molecule has 84 valence electrons. The van der Waals surface area contributed by atoms with Gasteiger partial charge in [-0.15, -0.1) is 0 Å². The average Bonchev–Trinajstić information content (AvgIpc) is 2.73. The molecule has 2 nitrogen and oxygen atoms in total. The molecular weight excluding hydrogens is 200 g/mol. The summed E-state index contributed by atoms with van der Waals surface area (Å²) < 4.78 is 11.4. The fourth-order valence-electron chi connectivity index (χ4n) is 2.57. The molecule has 0 fully saturated rings. The number of rotatable bonds is 0. The van der Waals surface area contributed by atoms with Crippen LogP contribution in [0.2, 0.25) is 0 Å². The maximum atomic E-state index is 5.72. The third-order valence-corrected chi connectivity index (χ3v) is 3.28. The van der Waals surface area contributed by atoms with Gasteiger partial charge >= 0.3 is 0 Å². The van der Waals surface area contributed by atoms with E-state index in [9.17, 15) is 0 Å². The lowest BCUT2D eigenvalue weighted by Crippen LogP contribution is -2.02. The third-order valence-electron chi connectivity index (χ3n) is 3.28. The van der Waals surface area contributed by atoms with E-state index in [-0.39, 0.29) is 0 Å². The van der Waals surface area contributed by atoms with E-state index in [4.69, 9.17) is 8.83 Å². The van der Waals surface area contributed by atoms with E-state index in [0.29, 0.717) is 0 Å². The lowest BCUT2D eigenvalue weighted by atomic mass is 9.98. The molecule has 2 heterocycles. The summed E-state index contributed by atoms with van der Waals surface area (Å²) in [6.45, 7) is 4.04. The van der Waals surface area contributed by atoms with Gasteiger partial charge in [0.05, 0.1) is 0 Å². The minimum Gasteiger partial charge on any atom is -0.466 e. The predicted octanol–water partition coefficient (Wildman–Crippen LogP) is 3.37. The van der Waals surface area contributed by atoms with Crippen LogP contribution in [0.5, 0.6) is 0 Å². The van der Waals surface area contributed by atoms with Crippen LogP contribution in [0.1, 0.15) is 34.2 Å². The van der Waals surface area contributed by atoms with E-state index in [2.05, 4.69) is 12.1 Å². The van der Waals surface area contributed by atoms with E-state index < -0.39 is 0 Å². The highest BCUT2D eigenvalue weighted by atomic mass is 16.3. The van der Waals surface area contributed by atoms with Gasteiger partial charge in [0.25, 0.3) is 0 Å². The van der Waals surface area contributed by atoms with Gasteiger partial charge in [-0.1, -0.05) is 0 Å². The van der Waals surface area contributed by atoms with Crippen LogP contribution in [0.4, 0.5) is 0 Å². The van der Waals surface area contributed by atoms with Gasteiger partial charge < -0.3 is 8.83 Å². The van der Waals surface area contributed by atoms with Crippen molar-refractivity contribution >= 4 is 0 Å². The summed E-state index contributed by atoms with van der Waals surface area (Å²) in [4.78, 5) is 0. The predicted molar refractivity (Wildman–Crippen MR) is 61.7 cm³/mol. The summed E-state index contributed by atoms with van der Waals surface area (Å²) in [7, 11) is 0. The maximum absolute atomic E-state index is 5.72. The highest BCUT2D eigenvalue weighted by Gasteiger charge is 2.17. The molecule has 0 unspecified atom stereocenters. The second kappa shape index (κ2) is 3.55. The van der Waals surface area contributed by atoms with Gasteiger partial charge in [-0.2, -0.15) is 0 Å². The minimum absolute atomic E-state index is 0.961. The molecule has 0 saturated heterocycles. The standard InChI is InChI=1S/C14H16O2/c1-9-7-11-3-4-12-8-10(2)16-14(12)6-5-13(11)15-9/h7-8H,3-6H2,1-2H3. The molecule has 0 aromatic carbocycles. The summed E-state index contributed by atoms with van der Waals surface area (Å²) >= 11 is 0. The Labute approximate surface area is 95.3 Å². The van der Waals surface area contributed by atoms with Crippen LogP contribution >= 0.6 is 0 Å². The van der Waals surface area contributed by atoms with Gasteiger partial charge in [0.15, 0.2) is 0 Å². The van der Waals surface area contributed by atoms with Crippen molar-refractivity contribution in [2.45, 2.75) is 39.5 Å². The molecular formula is C14H16O2. The average molecular weight is 216 g/mol. The third kappa shape index (κ3) is 1.58. The lowest BCUT2D eigenvalue weighted by molar-refractivity contribution is 0.444. The molecule has 0 amide bonds. The number of hydrogen-bond acceptors (Lipinski definition) is 2. The molecule has 0 N–H and O–H groups in total. The molecule has 3 rings (SSSR count). The van der Waals surface area contributed by atoms with E-state index >= 15 is 0 Å². The second-order valence-electron chi connectivity index (χ2n) is 4.61. The minimum atomic E-state index is 0.961. The Morgan fingerprint density at radius 3 is 1.62 bits per heavy atom. The second-order valence-corrected chi connectivity index (χ2v) is 4.61. The van der Waals surface area contributed by atoms with Crippen LogP contribution < -0.4 is 0 Å². The van der Waals surface area contributed by atoms with Crippen molar-refractivity contribution in [1.29, 1.82) is 0 Å². The summed E-state index contributed by atoms with van der Waals surface area (Å²) in [6, 6.07) is 4.35. The molecule has 0 aliphatic heterocycles. The van der Waals surface area contributed by atoms with E-state index in [1.165, 1.54) is 11.1 Å². The summed E-state index contributed by atoms with van der Waals surface area (Å²) in [6.07, 6.45) is 4.06. The molecule has 1 aliphatic rings. The largest absolute Gasteiger partial charge is 0.466 e. The molecule has 1 aliphatic carbocycles.